The average Bonchev–Trinajstić information content (AvgIpc) is 2.24. The van der Waals surface area contributed by atoms with E-state index in [9.17, 15) is 12.6 Å². The van der Waals surface area contributed by atoms with Crippen molar-refractivity contribution in [2.45, 2.75) is 51.2 Å². The van der Waals surface area contributed by atoms with Gasteiger partial charge in [-0.1, -0.05) is 0 Å². The van der Waals surface area contributed by atoms with Crippen LogP contribution in [0.4, 0.5) is 0 Å². The summed E-state index contributed by atoms with van der Waals surface area (Å²) in [6.45, 7) is 6.24. The van der Waals surface area contributed by atoms with Crippen LogP contribution < -0.4 is 0 Å². The lowest BCUT2D eigenvalue weighted by atomic mass is 10.3. The van der Waals surface area contributed by atoms with Gasteiger partial charge in [0.1, 0.15) is 0 Å². The Balaban J connectivity index is 3.49. The van der Waals surface area contributed by atoms with Gasteiger partial charge in [-0.25, -0.2) is 12.6 Å². The summed E-state index contributed by atoms with van der Waals surface area (Å²) in [6.07, 6.45) is 2.76. The van der Waals surface area contributed by atoms with Crippen LogP contribution in [0.1, 0.15) is 46.5 Å². The predicted octanol–water partition coefficient (Wildman–Crippen LogP) is 2.00. The molecule has 0 radical (unpaired) electrons. The second-order valence-electron chi connectivity index (χ2n) is 5.48. The van der Waals surface area contributed by atoms with Gasteiger partial charge in [-0.05, 0) is 46.5 Å². The van der Waals surface area contributed by atoms with E-state index in [1.54, 1.807) is 20.8 Å². The molecular weight excluding hydrogens is 288 g/mol. The van der Waals surface area contributed by atoms with Crippen LogP contribution in [0.2, 0.25) is 0 Å². The van der Waals surface area contributed by atoms with E-state index < -0.39 is 25.7 Å². The molecule has 0 amide bonds. The molecule has 0 spiro atoms. The standard InChI is InChI=1S/C12H26O5S2/c1-12(2,3)19(15,16)11-7-5-9-17-8-4-6-10-18(13)14/h4-11H2,1-3H3,(H,13,14). The predicted molar refractivity (Wildman–Crippen MR) is 78.5 cm³/mol. The number of ether oxygens (including phenoxy) is 1. The second kappa shape index (κ2) is 9.05. The molecule has 0 saturated carbocycles. The molecule has 0 aromatic carbocycles. The third-order valence-electron chi connectivity index (χ3n) is 2.74. The van der Waals surface area contributed by atoms with Crippen LogP contribution in [0.3, 0.4) is 0 Å². The minimum absolute atomic E-state index is 0.198. The Kier molecular flexibility index (Phi) is 9.06. The molecule has 5 nitrogen and oxygen atoms in total. The molecule has 0 aliphatic rings. The summed E-state index contributed by atoms with van der Waals surface area (Å²) in [7, 11) is -3.03. The Hall–Kier alpha value is 0.0200. The summed E-state index contributed by atoms with van der Waals surface area (Å²) < 4.78 is 47.2. The summed E-state index contributed by atoms with van der Waals surface area (Å²) in [4.78, 5) is 0. The SMILES string of the molecule is CC(C)(C)S(=O)(=O)CCCCOCCCCS(=O)O. The minimum Gasteiger partial charge on any atom is -0.381 e. The molecule has 19 heavy (non-hydrogen) atoms. The zero-order chi connectivity index (χ0) is 14.9. The molecule has 0 fully saturated rings. The fourth-order valence-corrected chi connectivity index (χ4v) is 2.98. The average molecular weight is 314 g/mol. The lowest BCUT2D eigenvalue weighted by Gasteiger charge is -2.18. The normalized spacial score (nSPS) is 14.5. The summed E-state index contributed by atoms with van der Waals surface area (Å²) in [5, 5.41) is 0. The Morgan fingerprint density at radius 1 is 1.05 bits per heavy atom. The minimum atomic E-state index is -3.03. The zero-order valence-electron chi connectivity index (χ0n) is 12.1. The summed E-state index contributed by atoms with van der Waals surface area (Å²) >= 11 is -1.72. The van der Waals surface area contributed by atoms with Crippen LogP contribution in [0, 0.1) is 0 Å². The van der Waals surface area contributed by atoms with Crippen molar-refractivity contribution in [3.05, 3.63) is 0 Å². The van der Waals surface area contributed by atoms with Crippen molar-refractivity contribution in [1.29, 1.82) is 0 Å². The lowest BCUT2D eigenvalue weighted by molar-refractivity contribution is 0.128. The van der Waals surface area contributed by atoms with E-state index in [4.69, 9.17) is 9.29 Å². The quantitative estimate of drug-likeness (QED) is 0.493. The van der Waals surface area contributed by atoms with Gasteiger partial charge in [0.05, 0.1) is 10.5 Å². The van der Waals surface area contributed by atoms with Gasteiger partial charge >= 0.3 is 0 Å². The highest BCUT2D eigenvalue weighted by molar-refractivity contribution is 7.92. The van der Waals surface area contributed by atoms with Crippen molar-refractivity contribution >= 4 is 20.9 Å². The van der Waals surface area contributed by atoms with Crippen LogP contribution in [0.15, 0.2) is 0 Å². The van der Waals surface area contributed by atoms with Crippen LogP contribution in [-0.4, -0.2) is 46.6 Å². The maximum Gasteiger partial charge on any atom is 0.155 e. The van der Waals surface area contributed by atoms with E-state index in [1.807, 2.05) is 0 Å². The first kappa shape index (κ1) is 19.0. The van der Waals surface area contributed by atoms with Crippen molar-refractivity contribution in [3.8, 4) is 0 Å². The monoisotopic (exact) mass is 314 g/mol. The number of rotatable bonds is 10. The molecule has 1 atom stereocenters. The number of unbranched alkanes of at least 4 members (excludes halogenated alkanes) is 2. The van der Waals surface area contributed by atoms with E-state index in [2.05, 4.69) is 0 Å². The summed E-state index contributed by atoms with van der Waals surface area (Å²) in [5.41, 5.74) is 0. The highest BCUT2D eigenvalue weighted by atomic mass is 32.2. The van der Waals surface area contributed by atoms with Crippen molar-refractivity contribution in [3.63, 3.8) is 0 Å². The maximum absolute atomic E-state index is 11.8. The Labute approximate surface area is 119 Å². The van der Waals surface area contributed by atoms with Gasteiger partial charge < -0.3 is 9.29 Å². The largest absolute Gasteiger partial charge is 0.381 e. The molecule has 0 bridgehead atoms. The van der Waals surface area contributed by atoms with E-state index in [-0.39, 0.29) is 11.5 Å². The first-order valence-corrected chi connectivity index (χ1v) is 9.47. The number of hydrogen-bond acceptors (Lipinski definition) is 4. The van der Waals surface area contributed by atoms with Crippen LogP contribution >= 0.6 is 0 Å². The smallest absolute Gasteiger partial charge is 0.155 e. The van der Waals surface area contributed by atoms with E-state index in [0.717, 1.165) is 12.8 Å². The van der Waals surface area contributed by atoms with Crippen molar-refractivity contribution in [2.24, 2.45) is 0 Å². The second-order valence-corrected chi connectivity index (χ2v) is 9.40. The number of sulfone groups is 1. The molecule has 0 aromatic heterocycles. The zero-order valence-corrected chi connectivity index (χ0v) is 13.7. The van der Waals surface area contributed by atoms with E-state index in [0.29, 0.717) is 26.1 Å². The molecule has 0 aromatic rings. The lowest BCUT2D eigenvalue weighted by Crippen LogP contribution is -2.30. The molecule has 0 aliphatic heterocycles. The third-order valence-corrected chi connectivity index (χ3v) is 6.07. The fraction of sp³-hybridized carbons (Fsp3) is 1.00. The summed E-state index contributed by atoms with van der Waals surface area (Å²) in [5.74, 6) is 0.483. The molecule has 0 heterocycles. The van der Waals surface area contributed by atoms with Crippen molar-refractivity contribution in [1.82, 2.24) is 0 Å². The maximum atomic E-state index is 11.8. The molecule has 1 unspecified atom stereocenters. The fourth-order valence-electron chi connectivity index (χ4n) is 1.33. The molecule has 7 heteroatoms. The van der Waals surface area contributed by atoms with Crippen molar-refractivity contribution in [2.75, 3.05) is 24.7 Å². The van der Waals surface area contributed by atoms with Crippen LogP contribution in [0.5, 0.6) is 0 Å². The van der Waals surface area contributed by atoms with E-state index >= 15 is 0 Å². The molecule has 1 N–H and O–H groups in total. The van der Waals surface area contributed by atoms with Gasteiger partial charge in [-0.15, -0.1) is 0 Å². The van der Waals surface area contributed by atoms with Gasteiger partial charge in [0.15, 0.2) is 20.9 Å². The van der Waals surface area contributed by atoms with Gasteiger partial charge in [0.25, 0.3) is 0 Å². The highest BCUT2D eigenvalue weighted by Gasteiger charge is 2.27. The first-order chi connectivity index (χ1) is 8.67. The topological polar surface area (TPSA) is 80.7 Å². The Morgan fingerprint density at radius 2 is 1.58 bits per heavy atom. The van der Waals surface area contributed by atoms with Gasteiger partial charge in [0.2, 0.25) is 0 Å². The third kappa shape index (κ3) is 9.54. The highest BCUT2D eigenvalue weighted by Crippen LogP contribution is 2.17. The van der Waals surface area contributed by atoms with E-state index in [1.165, 1.54) is 0 Å². The molecule has 0 aliphatic carbocycles. The first-order valence-electron chi connectivity index (χ1n) is 6.54. The molecular formula is C12H26O5S2. The van der Waals surface area contributed by atoms with Crippen LogP contribution in [0.25, 0.3) is 0 Å². The Morgan fingerprint density at radius 3 is 2.05 bits per heavy atom. The van der Waals surface area contributed by atoms with Crippen molar-refractivity contribution < 1.29 is 21.9 Å². The van der Waals surface area contributed by atoms with Gasteiger partial charge in [0, 0.05) is 19.0 Å². The van der Waals surface area contributed by atoms with Gasteiger partial charge in [-0.3, -0.25) is 0 Å². The van der Waals surface area contributed by atoms with Crippen LogP contribution in [-0.2, 0) is 25.7 Å². The molecule has 0 rings (SSSR count). The number of hydrogen-bond donors (Lipinski definition) is 1. The van der Waals surface area contributed by atoms with Gasteiger partial charge in [-0.2, -0.15) is 0 Å². The molecule has 116 valence electrons. The molecule has 0 saturated heterocycles. The Bertz CT molecular complexity index is 357. The summed E-state index contributed by atoms with van der Waals surface area (Å²) in [6, 6.07) is 0.